The van der Waals surface area contributed by atoms with Crippen LogP contribution in [0.15, 0.2) is 48.5 Å². The molecule has 0 amide bonds. The van der Waals surface area contributed by atoms with E-state index in [-0.39, 0.29) is 6.04 Å². The summed E-state index contributed by atoms with van der Waals surface area (Å²) in [5.74, 6) is 0.944. The number of nitrogens with two attached hydrogens (primary N) is 1. The van der Waals surface area contributed by atoms with Crippen molar-refractivity contribution in [2.45, 2.75) is 18.9 Å². The van der Waals surface area contributed by atoms with Gasteiger partial charge in [-0.15, -0.1) is 0 Å². The third-order valence-corrected chi connectivity index (χ3v) is 3.43. The Balaban J connectivity index is 2.04. The Morgan fingerprint density at radius 2 is 1.83 bits per heavy atom. The van der Waals surface area contributed by atoms with Crippen molar-refractivity contribution >= 4 is 0 Å². The molecule has 1 aliphatic rings. The molecule has 0 unspecified atom stereocenters. The van der Waals surface area contributed by atoms with Gasteiger partial charge in [-0.2, -0.15) is 0 Å². The summed E-state index contributed by atoms with van der Waals surface area (Å²) in [6.07, 6.45) is 2.02. The van der Waals surface area contributed by atoms with Crippen LogP contribution in [0.5, 0.6) is 5.75 Å². The van der Waals surface area contributed by atoms with Gasteiger partial charge in [-0.05, 0) is 36.1 Å². The topological polar surface area (TPSA) is 35.2 Å². The van der Waals surface area contributed by atoms with Gasteiger partial charge < -0.3 is 10.5 Å². The van der Waals surface area contributed by atoms with Crippen LogP contribution >= 0.6 is 0 Å². The number of ether oxygens (including phenoxy) is 1. The van der Waals surface area contributed by atoms with E-state index in [0.29, 0.717) is 0 Å². The van der Waals surface area contributed by atoms with E-state index < -0.39 is 0 Å². The Kier molecular flexibility index (Phi) is 3.03. The average molecular weight is 239 g/mol. The van der Waals surface area contributed by atoms with Crippen LogP contribution < -0.4 is 10.5 Å². The molecule has 1 atom stereocenters. The van der Waals surface area contributed by atoms with Crippen LogP contribution in [0.3, 0.4) is 0 Å². The summed E-state index contributed by atoms with van der Waals surface area (Å²) in [6, 6.07) is 16.8. The first-order chi connectivity index (χ1) is 8.84. The number of hydrogen-bond acceptors (Lipinski definition) is 2. The molecule has 0 radical (unpaired) electrons. The van der Waals surface area contributed by atoms with E-state index in [2.05, 4.69) is 36.4 Å². The normalized spacial score (nSPS) is 18.6. The smallest absolute Gasteiger partial charge is 0.124 e. The van der Waals surface area contributed by atoms with Crippen molar-refractivity contribution in [3.63, 3.8) is 0 Å². The predicted molar refractivity (Wildman–Crippen MR) is 73.5 cm³/mol. The zero-order chi connectivity index (χ0) is 12.4. The second-order valence-corrected chi connectivity index (χ2v) is 4.72. The standard InChI is InChI=1S/C16H17NO/c17-15-7-4-10-18-16-9-8-13(11-14(15)16)12-5-2-1-3-6-12/h1-3,5-6,8-9,11,15H,4,7,10,17H2/t15-/m1/s1. The maximum atomic E-state index is 6.21. The highest BCUT2D eigenvalue weighted by Crippen LogP contribution is 2.33. The molecule has 3 rings (SSSR count). The first-order valence-electron chi connectivity index (χ1n) is 6.42. The fraction of sp³-hybridized carbons (Fsp3) is 0.250. The van der Waals surface area contributed by atoms with Gasteiger partial charge in [-0.1, -0.05) is 36.4 Å². The predicted octanol–water partition coefficient (Wildman–Crippen LogP) is 3.53. The lowest BCUT2D eigenvalue weighted by Gasteiger charge is -2.13. The molecule has 1 aliphatic heterocycles. The van der Waals surface area contributed by atoms with Crippen LogP contribution in [0.25, 0.3) is 11.1 Å². The van der Waals surface area contributed by atoms with Gasteiger partial charge in [0.05, 0.1) is 6.61 Å². The van der Waals surface area contributed by atoms with Gasteiger partial charge in [-0.3, -0.25) is 0 Å². The molecule has 0 spiro atoms. The summed E-state index contributed by atoms with van der Waals surface area (Å²) in [6.45, 7) is 0.769. The first kappa shape index (κ1) is 11.3. The van der Waals surface area contributed by atoms with Crippen LogP contribution in [-0.2, 0) is 0 Å². The summed E-state index contributed by atoms with van der Waals surface area (Å²) in [5, 5.41) is 0. The van der Waals surface area contributed by atoms with Gasteiger partial charge in [0.25, 0.3) is 0 Å². The molecule has 1 heterocycles. The number of rotatable bonds is 1. The molecule has 2 aromatic carbocycles. The maximum absolute atomic E-state index is 6.21. The Morgan fingerprint density at radius 1 is 1.00 bits per heavy atom. The molecule has 2 nitrogen and oxygen atoms in total. The molecule has 2 heteroatoms. The number of benzene rings is 2. The molecule has 2 aromatic rings. The number of fused-ring (bicyclic) bond motifs is 1. The average Bonchev–Trinajstić information content (AvgIpc) is 2.62. The van der Waals surface area contributed by atoms with Gasteiger partial charge >= 0.3 is 0 Å². The highest BCUT2D eigenvalue weighted by atomic mass is 16.5. The minimum atomic E-state index is 0.0890. The quantitative estimate of drug-likeness (QED) is 0.826. The van der Waals surface area contributed by atoms with Crippen LogP contribution in [0.2, 0.25) is 0 Å². The van der Waals surface area contributed by atoms with E-state index in [4.69, 9.17) is 10.5 Å². The summed E-state index contributed by atoms with van der Waals surface area (Å²) in [7, 11) is 0. The Morgan fingerprint density at radius 3 is 2.67 bits per heavy atom. The van der Waals surface area contributed by atoms with Crippen molar-refractivity contribution in [3.05, 3.63) is 54.1 Å². The second-order valence-electron chi connectivity index (χ2n) is 4.72. The van der Waals surface area contributed by atoms with Gasteiger partial charge in [0.15, 0.2) is 0 Å². The van der Waals surface area contributed by atoms with Crippen LogP contribution in [0.1, 0.15) is 24.4 Å². The molecular weight excluding hydrogens is 222 g/mol. The Bertz CT molecular complexity index is 536. The highest BCUT2D eigenvalue weighted by Gasteiger charge is 2.16. The summed E-state index contributed by atoms with van der Waals surface area (Å²) in [4.78, 5) is 0. The molecule has 0 fully saturated rings. The van der Waals surface area contributed by atoms with E-state index >= 15 is 0 Å². The van der Waals surface area contributed by atoms with Gasteiger partial charge in [0.2, 0.25) is 0 Å². The molecule has 0 saturated heterocycles. The van der Waals surface area contributed by atoms with Gasteiger partial charge in [-0.25, -0.2) is 0 Å². The lowest BCUT2D eigenvalue weighted by atomic mass is 9.97. The number of hydrogen-bond donors (Lipinski definition) is 1. The van der Waals surface area contributed by atoms with E-state index in [9.17, 15) is 0 Å². The Hall–Kier alpha value is -1.80. The Labute approximate surface area is 107 Å². The van der Waals surface area contributed by atoms with Crippen molar-refractivity contribution in [3.8, 4) is 16.9 Å². The van der Waals surface area contributed by atoms with Crippen molar-refractivity contribution in [2.24, 2.45) is 5.73 Å². The van der Waals surface area contributed by atoms with Crippen LogP contribution in [-0.4, -0.2) is 6.61 Å². The lowest BCUT2D eigenvalue weighted by molar-refractivity contribution is 0.316. The van der Waals surface area contributed by atoms with Crippen molar-refractivity contribution < 1.29 is 4.74 Å². The first-order valence-corrected chi connectivity index (χ1v) is 6.42. The monoisotopic (exact) mass is 239 g/mol. The summed E-state index contributed by atoms with van der Waals surface area (Å²) >= 11 is 0. The second kappa shape index (κ2) is 4.83. The van der Waals surface area contributed by atoms with Gasteiger partial charge in [0, 0.05) is 11.6 Å². The molecule has 2 N–H and O–H groups in total. The maximum Gasteiger partial charge on any atom is 0.124 e. The molecule has 0 aliphatic carbocycles. The van der Waals surface area contributed by atoms with Crippen molar-refractivity contribution in [1.82, 2.24) is 0 Å². The van der Waals surface area contributed by atoms with Crippen LogP contribution in [0, 0.1) is 0 Å². The minimum Gasteiger partial charge on any atom is -0.493 e. The SMILES string of the molecule is N[C@@H]1CCCOc2ccc(-c3ccccc3)cc21. The minimum absolute atomic E-state index is 0.0890. The zero-order valence-electron chi connectivity index (χ0n) is 10.3. The third kappa shape index (κ3) is 2.12. The van der Waals surface area contributed by atoms with E-state index in [1.165, 1.54) is 11.1 Å². The van der Waals surface area contributed by atoms with Crippen LogP contribution in [0.4, 0.5) is 0 Å². The lowest BCUT2D eigenvalue weighted by Crippen LogP contribution is -2.09. The molecule has 0 saturated carbocycles. The van der Waals surface area contributed by atoms with Gasteiger partial charge in [0.1, 0.15) is 5.75 Å². The molecule has 18 heavy (non-hydrogen) atoms. The van der Waals surface area contributed by atoms with E-state index in [1.54, 1.807) is 0 Å². The molecule has 92 valence electrons. The highest BCUT2D eigenvalue weighted by molar-refractivity contribution is 5.66. The fourth-order valence-electron chi connectivity index (χ4n) is 2.42. The van der Waals surface area contributed by atoms with E-state index in [0.717, 1.165) is 30.8 Å². The summed E-state index contributed by atoms with van der Waals surface area (Å²) < 4.78 is 5.73. The van der Waals surface area contributed by atoms with E-state index in [1.807, 2.05) is 12.1 Å². The van der Waals surface area contributed by atoms with Crippen molar-refractivity contribution in [1.29, 1.82) is 0 Å². The van der Waals surface area contributed by atoms with Crippen molar-refractivity contribution in [2.75, 3.05) is 6.61 Å². The molecule has 0 bridgehead atoms. The zero-order valence-corrected chi connectivity index (χ0v) is 10.3. The molecule has 0 aromatic heterocycles. The largest absolute Gasteiger partial charge is 0.493 e. The fourth-order valence-corrected chi connectivity index (χ4v) is 2.42. The third-order valence-electron chi connectivity index (χ3n) is 3.43. The molecular formula is C16H17NO. The summed E-state index contributed by atoms with van der Waals surface area (Å²) in [5.41, 5.74) is 9.77.